The normalized spacial score (nSPS) is 26.1. The Morgan fingerprint density at radius 1 is 0.981 bits per heavy atom. The van der Waals surface area contributed by atoms with Crippen LogP contribution in [0.2, 0.25) is 0 Å². The number of esters is 3. The van der Waals surface area contributed by atoms with Crippen molar-refractivity contribution in [1.82, 2.24) is 14.7 Å². The Hall–Kier alpha value is -4.52. The number of carbonyl (C=O) groups is 3. The smallest absolute Gasteiger partial charge is 0.459 e. The maximum Gasteiger partial charge on any atom is 0.459 e. The summed E-state index contributed by atoms with van der Waals surface area (Å²) in [7, 11) is -4.58. The lowest BCUT2D eigenvalue weighted by Crippen LogP contribution is -2.50. The van der Waals surface area contributed by atoms with Crippen LogP contribution in [0, 0.1) is 23.2 Å². The molecule has 3 aromatic rings. The van der Waals surface area contributed by atoms with E-state index in [0.717, 1.165) is 0 Å². The molecule has 286 valence electrons. The van der Waals surface area contributed by atoms with Crippen molar-refractivity contribution in [3.05, 3.63) is 60.4 Å². The summed E-state index contributed by atoms with van der Waals surface area (Å²) in [4.78, 5) is 39.6. The van der Waals surface area contributed by atoms with Gasteiger partial charge in [0.05, 0.1) is 28.7 Å². The van der Waals surface area contributed by atoms with E-state index in [1.165, 1.54) is 29.8 Å². The van der Waals surface area contributed by atoms with Gasteiger partial charge in [0.25, 0.3) is 0 Å². The van der Waals surface area contributed by atoms with Gasteiger partial charge in [-0.3, -0.25) is 18.9 Å². The summed E-state index contributed by atoms with van der Waals surface area (Å²) >= 11 is 0. The van der Waals surface area contributed by atoms with E-state index < -0.39 is 74.1 Å². The monoisotopic (exact) mass is 754 g/mol. The molecule has 2 aromatic heterocycles. The SMILES string of the molecule is CC(C)C(=O)O[C@H]1[C@H](c2ccc3c(N)ccnn23)O[C@](C#N)(COP(=O)(N[C@@H](C)C(=O)O[C@H]2CC[C@H](N)CC2)Oc2ccccc2)[C@H]1OC(=O)C(C)C. The Morgan fingerprint density at radius 2 is 1.64 bits per heavy atom. The van der Waals surface area contributed by atoms with Crippen LogP contribution in [0.1, 0.15) is 72.1 Å². The van der Waals surface area contributed by atoms with Crippen LogP contribution in [0.3, 0.4) is 0 Å². The van der Waals surface area contributed by atoms with Gasteiger partial charge >= 0.3 is 25.7 Å². The number of fused-ring (bicyclic) bond motifs is 1. The van der Waals surface area contributed by atoms with Crippen molar-refractivity contribution in [3.8, 4) is 11.8 Å². The van der Waals surface area contributed by atoms with Gasteiger partial charge in [-0.2, -0.15) is 15.4 Å². The summed E-state index contributed by atoms with van der Waals surface area (Å²) in [6.45, 7) is 7.03. The lowest BCUT2D eigenvalue weighted by molar-refractivity contribution is -0.173. The maximum absolute atomic E-state index is 14.6. The van der Waals surface area contributed by atoms with Crippen molar-refractivity contribution >= 4 is 36.9 Å². The maximum atomic E-state index is 14.6. The molecule has 5 rings (SSSR count). The fraction of sp³-hybridized carbons (Fsp3) is 0.528. The summed E-state index contributed by atoms with van der Waals surface area (Å²) in [6, 6.07) is 13.9. The zero-order valence-corrected chi connectivity index (χ0v) is 31.3. The van der Waals surface area contributed by atoms with Gasteiger partial charge in [-0.25, -0.2) is 9.08 Å². The standard InChI is InChI=1S/C36H47N6O10P/c1-21(2)33(43)49-31-30(29-16-15-28-27(39)17-18-40-42(28)29)51-36(19-37,32(31)50-34(44)22(3)4)20-47-53(46,52-26-9-7-6-8-10-26)41-23(5)35(45)48-25-13-11-24(38)12-14-25/h6-10,15-18,21-25,30-32H,11-14,20,38-39H2,1-5H3,(H,41,46)/t23-,24-,25-,30-,31-,32-,36+,53?/m0/s1. The molecule has 0 bridgehead atoms. The van der Waals surface area contributed by atoms with Gasteiger partial charge in [0.2, 0.25) is 5.60 Å². The molecule has 0 radical (unpaired) electrons. The van der Waals surface area contributed by atoms with Crippen molar-refractivity contribution in [1.29, 1.82) is 5.26 Å². The first-order valence-electron chi connectivity index (χ1n) is 17.6. The summed E-state index contributed by atoms with van der Waals surface area (Å²) in [5, 5.41) is 17.9. The molecule has 2 fully saturated rings. The van der Waals surface area contributed by atoms with Gasteiger partial charge in [0.1, 0.15) is 36.7 Å². The zero-order chi connectivity index (χ0) is 38.5. The molecule has 0 amide bonds. The topological polar surface area (TPSA) is 229 Å². The number of nitrogen functional groups attached to an aromatic ring is 1. The van der Waals surface area contributed by atoms with Crippen LogP contribution in [-0.2, 0) is 42.4 Å². The number of rotatable bonds is 14. The third-order valence-corrected chi connectivity index (χ3v) is 10.7. The first kappa shape index (κ1) is 39.7. The van der Waals surface area contributed by atoms with Crippen LogP contribution in [0.25, 0.3) is 5.52 Å². The van der Waals surface area contributed by atoms with E-state index in [-0.39, 0.29) is 17.9 Å². The van der Waals surface area contributed by atoms with Crippen LogP contribution in [0.4, 0.5) is 5.69 Å². The highest BCUT2D eigenvalue weighted by Crippen LogP contribution is 2.50. The van der Waals surface area contributed by atoms with Gasteiger partial charge in [-0.15, -0.1) is 0 Å². The number of nitriles is 1. The molecular weight excluding hydrogens is 707 g/mol. The van der Waals surface area contributed by atoms with E-state index in [1.54, 1.807) is 64.1 Å². The number of nitrogens with one attached hydrogen (secondary N) is 1. The number of carbonyl (C=O) groups excluding carboxylic acids is 3. The number of hydrogen-bond acceptors (Lipinski definition) is 14. The van der Waals surface area contributed by atoms with Crippen molar-refractivity contribution in [3.63, 3.8) is 0 Å². The van der Waals surface area contributed by atoms with Crippen LogP contribution in [-0.4, -0.2) is 70.1 Å². The molecule has 17 heteroatoms. The minimum absolute atomic E-state index is 0.0428. The number of hydrogen-bond donors (Lipinski definition) is 3. The number of aromatic nitrogens is 2. The lowest BCUT2D eigenvalue weighted by Gasteiger charge is -2.31. The largest absolute Gasteiger partial charge is 0.461 e. The van der Waals surface area contributed by atoms with Crippen LogP contribution in [0.5, 0.6) is 5.75 Å². The molecule has 1 unspecified atom stereocenters. The number of anilines is 1. The van der Waals surface area contributed by atoms with Gasteiger partial charge in [-0.05, 0) is 62.9 Å². The lowest BCUT2D eigenvalue weighted by atomic mass is 9.94. The number of nitrogens with two attached hydrogens (primary N) is 2. The molecule has 5 N–H and O–H groups in total. The quantitative estimate of drug-likeness (QED) is 0.118. The van der Waals surface area contributed by atoms with Crippen molar-refractivity contribution in [2.24, 2.45) is 17.6 Å². The Kier molecular flexibility index (Phi) is 12.5. The van der Waals surface area contributed by atoms with Gasteiger partial charge in [0, 0.05) is 12.2 Å². The van der Waals surface area contributed by atoms with Gasteiger partial charge in [0.15, 0.2) is 12.2 Å². The van der Waals surface area contributed by atoms with Crippen molar-refractivity contribution in [2.45, 2.75) is 102 Å². The van der Waals surface area contributed by atoms with Crippen LogP contribution in [0.15, 0.2) is 54.7 Å². The second kappa shape index (κ2) is 16.7. The van der Waals surface area contributed by atoms with E-state index in [4.69, 9.17) is 39.5 Å². The number of ether oxygens (including phenoxy) is 4. The Labute approximate surface area is 307 Å². The molecule has 1 aliphatic carbocycles. The summed E-state index contributed by atoms with van der Waals surface area (Å²) in [5.74, 6) is -3.24. The Morgan fingerprint density at radius 3 is 2.28 bits per heavy atom. The predicted molar refractivity (Wildman–Crippen MR) is 191 cm³/mol. The number of nitrogens with zero attached hydrogens (tertiary/aromatic N) is 3. The zero-order valence-electron chi connectivity index (χ0n) is 30.4. The highest BCUT2D eigenvalue weighted by atomic mass is 31.2. The van der Waals surface area contributed by atoms with Crippen LogP contribution < -0.4 is 21.1 Å². The summed E-state index contributed by atoms with van der Waals surface area (Å²) in [6.07, 6.45) is -0.574. The minimum Gasteiger partial charge on any atom is -0.461 e. The van der Waals surface area contributed by atoms with E-state index in [9.17, 15) is 24.2 Å². The average molecular weight is 755 g/mol. The average Bonchev–Trinajstić information content (AvgIpc) is 3.68. The third-order valence-electron chi connectivity index (χ3n) is 9.05. The molecule has 1 aromatic carbocycles. The highest BCUT2D eigenvalue weighted by molar-refractivity contribution is 7.52. The molecule has 0 spiro atoms. The number of benzene rings is 1. The predicted octanol–water partition coefficient (Wildman–Crippen LogP) is 4.38. The molecule has 1 saturated carbocycles. The Balaban J connectivity index is 1.51. The van der Waals surface area contributed by atoms with E-state index in [2.05, 4.69) is 10.2 Å². The molecule has 1 aliphatic heterocycles. The molecule has 6 atom stereocenters. The van der Waals surface area contributed by atoms with Crippen LogP contribution >= 0.6 is 7.75 Å². The molecule has 3 heterocycles. The third kappa shape index (κ3) is 9.17. The molecule has 53 heavy (non-hydrogen) atoms. The fourth-order valence-corrected chi connectivity index (χ4v) is 7.52. The minimum atomic E-state index is -4.58. The fourth-order valence-electron chi connectivity index (χ4n) is 6.00. The van der Waals surface area contributed by atoms with Crippen molar-refractivity contribution in [2.75, 3.05) is 12.3 Å². The summed E-state index contributed by atoms with van der Waals surface area (Å²) in [5.41, 5.74) is 11.2. The van der Waals surface area contributed by atoms with E-state index in [0.29, 0.717) is 42.6 Å². The van der Waals surface area contributed by atoms with E-state index in [1.807, 2.05) is 6.07 Å². The number of para-hydroxylation sites is 1. The molecular formula is C36H47N6O10P. The highest BCUT2D eigenvalue weighted by Gasteiger charge is 2.62. The van der Waals surface area contributed by atoms with Crippen molar-refractivity contribution < 1.29 is 46.9 Å². The summed E-state index contributed by atoms with van der Waals surface area (Å²) < 4.78 is 51.8. The first-order valence-corrected chi connectivity index (χ1v) is 19.1. The van der Waals surface area contributed by atoms with Gasteiger partial charge < -0.3 is 34.9 Å². The first-order chi connectivity index (χ1) is 25.1. The van der Waals surface area contributed by atoms with Gasteiger partial charge in [-0.1, -0.05) is 45.9 Å². The molecule has 2 aliphatic rings. The second-order valence-electron chi connectivity index (χ2n) is 13.9. The molecule has 16 nitrogen and oxygen atoms in total. The molecule has 1 saturated heterocycles. The Bertz CT molecular complexity index is 1860. The van der Waals surface area contributed by atoms with E-state index >= 15 is 0 Å². The second-order valence-corrected chi connectivity index (χ2v) is 15.6.